The molecule has 1 aromatic carbocycles. The maximum Gasteiger partial charge on any atom is 0.309 e. The fraction of sp³-hybridized carbons (Fsp3) is 0.368. The maximum absolute atomic E-state index is 13.3. The molecule has 0 radical (unpaired) electrons. The number of ether oxygens (including phenoxy) is 1. The van der Waals surface area contributed by atoms with Crippen molar-refractivity contribution < 1.29 is 18.7 Å². The Balaban J connectivity index is 1.58. The molecule has 2 aromatic rings. The third-order valence-electron chi connectivity index (χ3n) is 4.44. The highest BCUT2D eigenvalue weighted by Gasteiger charge is 2.24. The Morgan fingerprint density at radius 3 is 2.48 bits per heavy atom. The number of hydrogen-bond acceptors (Lipinski definition) is 5. The molecule has 0 saturated carbocycles. The van der Waals surface area contributed by atoms with E-state index in [1.165, 1.54) is 23.5 Å². The van der Waals surface area contributed by atoms with Crippen molar-refractivity contribution in [1.29, 1.82) is 0 Å². The molecule has 0 spiro atoms. The van der Waals surface area contributed by atoms with Crippen molar-refractivity contribution in [1.82, 2.24) is 15.5 Å². The lowest BCUT2D eigenvalue weighted by Crippen LogP contribution is -2.46. The minimum absolute atomic E-state index is 0.150. The molecule has 1 aliphatic heterocycles. The number of nitrogens with one attached hydrogen (secondary N) is 2. The summed E-state index contributed by atoms with van der Waals surface area (Å²) in [5, 5.41) is 9.14. The predicted molar refractivity (Wildman–Crippen MR) is 101 cm³/mol. The van der Waals surface area contributed by atoms with Crippen LogP contribution in [0.15, 0.2) is 41.1 Å². The van der Waals surface area contributed by atoms with E-state index in [4.69, 9.17) is 4.74 Å². The third kappa shape index (κ3) is 5.59. The molecule has 1 aromatic heterocycles. The van der Waals surface area contributed by atoms with Gasteiger partial charge in [-0.15, -0.1) is 0 Å². The summed E-state index contributed by atoms with van der Waals surface area (Å²) in [6, 6.07) is 7.96. The summed E-state index contributed by atoms with van der Waals surface area (Å²) < 4.78 is 18.6. The van der Waals surface area contributed by atoms with Gasteiger partial charge in [0.05, 0.1) is 19.3 Å². The fourth-order valence-corrected chi connectivity index (χ4v) is 3.63. The van der Waals surface area contributed by atoms with Crippen LogP contribution in [-0.4, -0.2) is 49.6 Å². The van der Waals surface area contributed by atoms with Gasteiger partial charge in [0.25, 0.3) is 0 Å². The Bertz CT molecular complexity index is 746. The van der Waals surface area contributed by atoms with Gasteiger partial charge in [-0.3, -0.25) is 14.5 Å². The van der Waals surface area contributed by atoms with E-state index in [0.29, 0.717) is 32.8 Å². The number of nitrogens with zero attached hydrogens (tertiary/aromatic N) is 1. The molecule has 1 atom stereocenters. The monoisotopic (exact) mass is 391 g/mol. The van der Waals surface area contributed by atoms with E-state index in [1.807, 2.05) is 16.8 Å². The number of rotatable bonds is 6. The lowest BCUT2D eigenvalue weighted by molar-refractivity contribution is -0.139. The molecular weight excluding hydrogens is 369 g/mol. The molecule has 1 saturated heterocycles. The van der Waals surface area contributed by atoms with Gasteiger partial charge in [0, 0.05) is 26.2 Å². The van der Waals surface area contributed by atoms with Gasteiger partial charge >= 0.3 is 11.8 Å². The van der Waals surface area contributed by atoms with Crippen LogP contribution >= 0.6 is 11.3 Å². The molecular formula is C19H22FN3O3S. The Labute approximate surface area is 161 Å². The zero-order valence-electron chi connectivity index (χ0n) is 14.8. The molecule has 2 heterocycles. The molecule has 144 valence electrons. The lowest BCUT2D eigenvalue weighted by Gasteiger charge is -2.34. The molecule has 1 unspecified atom stereocenters. The van der Waals surface area contributed by atoms with Crippen LogP contribution in [0.25, 0.3) is 0 Å². The first-order valence-electron chi connectivity index (χ1n) is 8.78. The van der Waals surface area contributed by atoms with E-state index in [2.05, 4.69) is 15.5 Å². The number of hydrogen-bond donors (Lipinski definition) is 2. The first-order chi connectivity index (χ1) is 13.1. The Morgan fingerprint density at radius 2 is 1.81 bits per heavy atom. The van der Waals surface area contributed by atoms with E-state index >= 15 is 0 Å². The number of carbonyl (C=O) groups excluding carboxylic acids is 2. The normalized spacial score (nSPS) is 15.9. The average Bonchev–Trinajstić information content (AvgIpc) is 3.22. The number of morpholine rings is 1. The first kappa shape index (κ1) is 19.5. The molecule has 2 amide bonds. The van der Waals surface area contributed by atoms with Gasteiger partial charge < -0.3 is 15.4 Å². The van der Waals surface area contributed by atoms with Crippen LogP contribution in [0.1, 0.15) is 17.2 Å². The minimum Gasteiger partial charge on any atom is -0.379 e. The quantitative estimate of drug-likeness (QED) is 0.736. The van der Waals surface area contributed by atoms with Crippen LogP contribution in [0.3, 0.4) is 0 Å². The van der Waals surface area contributed by atoms with Gasteiger partial charge in [0.15, 0.2) is 0 Å². The van der Waals surface area contributed by atoms with E-state index in [9.17, 15) is 14.0 Å². The van der Waals surface area contributed by atoms with E-state index in [0.717, 1.165) is 11.1 Å². The van der Waals surface area contributed by atoms with Gasteiger partial charge in [-0.05, 0) is 40.1 Å². The van der Waals surface area contributed by atoms with Crippen molar-refractivity contribution in [3.8, 4) is 0 Å². The number of carbonyl (C=O) groups is 2. The molecule has 8 heteroatoms. The van der Waals surface area contributed by atoms with Crippen LogP contribution in [0, 0.1) is 5.82 Å². The Hall–Kier alpha value is -2.29. The SMILES string of the molecule is O=C(NCc1ccsc1)C(=O)NCC(c1ccc(F)cc1)N1CCOCC1. The predicted octanol–water partition coefficient (Wildman–Crippen LogP) is 1.69. The van der Waals surface area contributed by atoms with Crippen molar-refractivity contribution in [3.63, 3.8) is 0 Å². The summed E-state index contributed by atoms with van der Waals surface area (Å²) in [6.07, 6.45) is 0. The first-order valence-corrected chi connectivity index (χ1v) is 9.72. The topological polar surface area (TPSA) is 70.7 Å². The second-order valence-electron chi connectivity index (χ2n) is 6.24. The van der Waals surface area contributed by atoms with E-state index < -0.39 is 11.8 Å². The summed E-state index contributed by atoms with van der Waals surface area (Å²) in [5.41, 5.74) is 1.84. The molecule has 6 nitrogen and oxygen atoms in total. The molecule has 0 aliphatic carbocycles. The largest absolute Gasteiger partial charge is 0.379 e. The summed E-state index contributed by atoms with van der Waals surface area (Å²) in [5.74, 6) is -1.65. The number of thiophene rings is 1. The molecule has 2 N–H and O–H groups in total. The smallest absolute Gasteiger partial charge is 0.309 e. The van der Waals surface area contributed by atoms with E-state index in [-0.39, 0.29) is 18.4 Å². The standard InChI is InChI=1S/C19H22FN3O3S/c20-16-3-1-15(2-4-16)17(23-6-8-26-9-7-23)12-22-19(25)18(24)21-11-14-5-10-27-13-14/h1-5,10,13,17H,6-9,11-12H2,(H,21,24)(H,22,25). The molecule has 27 heavy (non-hydrogen) atoms. The van der Waals surface area contributed by atoms with Crippen molar-refractivity contribution in [2.45, 2.75) is 12.6 Å². The van der Waals surface area contributed by atoms with Gasteiger partial charge in [0.1, 0.15) is 5.82 Å². The Kier molecular flexibility index (Phi) is 6.92. The van der Waals surface area contributed by atoms with Gasteiger partial charge in [-0.25, -0.2) is 4.39 Å². The van der Waals surface area contributed by atoms with Gasteiger partial charge in [-0.1, -0.05) is 12.1 Å². The van der Waals surface area contributed by atoms with Crippen molar-refractivity contribution in [2.75, 3.05) is 32.8 Å². The van der Waals surface area contributed by atoms with Crippen LogP contribution < -0.4 is 10.6 Å². The van der Waals surface area contributed by atoms with Gasteiger partial charge in [-0.2, -0.15) is 11.3 Å². The number of amides is 2. The zero-order valence-corrected chi connectivity index (χ0v) is 15.6. The average molecular weight is 391 g/mol. The fourth-order valence-electron chi connectivity index (χ4n) is 2.96. The summed E-state index contributed by atoms with van der Waals surface area (Å²) in [7, 11) is 0. The molecule has 3 rings (SSSR count). The second-order valence-corrected chi connectivity index (χ2v) is 7.02. The molecule has 1 fully saturated rings. The number of benzene rings is 1. The third-order valence-corrected chi connectivity index (χ3v) is 5.17. The summed E-state index contributed by atoms with van der Waals surface area (Å²) in [6.45, 7) is 3.21. The molecule has 0 bridgehead atoms. The molecule has 1 aliphatic rings. The van der Waals surface area contributed by atoms with Crippen LogP contribution in [-0.2, 0) is 20.9 Å². The highest BCUT2D eigenvalue weighted by atomic mass is 32.1. The zero-order chi connectivity index (χ0) is 19.1. The van der Waals surface area contributed by atoms with Crippen molar-refractivity contribution >= 4 is 23.2 Å². The van der Waals surface area contributed by atoms with Gasteiger partial charge in [0.2, 0.25) is 0 Å². The minimum atomic E-state index is -0.675. The van der Waals surface area contributed by atoms with Crippen LogP contribution in [0.4, 0.5) is 4.39 Å². The number of halogens is 1. The summed E-state index contributed by atoms with van der Waals surface area (Å²) >= 11 is 1.53. The van der Waals surface area contributed by atoms with Crippen LogP contribution in [0.2, 0.25) is 0 Å². The highest BCUT2D eigenvalue weighted by molar-refractivity contribution is 7.07. The van der Waals surface area contributed by atoms with E-state index in [1.54, 1.807) is 12.1 Å². The maximum atomic E-state index is 13.3. The summed E-state index contributed by atoms with van der Waals surface area (Å²) in [4.78, 5) is 26.3. The van der Waals surface area contributed by atoms with Crippen LogP contribution in [0.5, 0.6) is 0 Å². The van der Waals surface area contributed by atoms with Crippen molar-refractivity contribution in [3.05, 3.63) is 58.0 Å². The Morgan fingerprint density at radius 1 is 1.11 bits per heavy atom. The van der Waals surface area contributed by atoms with Crippen molar-refractivity contribution in [2.24, 2.45) is 0 Å². The highest BCUT2D eigenvalue weighted by Crippen LogP contribution is 2.21. The lowest BCUT2D eigenvalue weighted by atomic mass is 10.0. The second kappa shape index (κ2) is 9.59.